The van der Waals surface area contributed by atoms with Crippen LogP contribution in [-0.2, 0) is 18.9 Å². The minimum atomic E-state index is -1.46. The fraction of sp³-hybridized carbons (Fsp3) is 0.241. The van der Waals surface area contributed by atoms with E-state index in [0.29, 0.717) is 0 Å². The Kier molecular flexibility index (Phi) is 7.51. The standard InChI is InChI=1S/C29H25NO9/c1-36-29-22(30-25(32)19-14-8-9-15-20(19)26(30)33)24(39-28(35)18-12-6-3-7-13-18)23(21(16-31)37-29)38-27(34)17-10-4-2-5-11-17/h2-15,21-24,29,31H,16H2,1H3/t21-,22-,23-,24-,29-/m1/s1. The summed E-state index contributed by atoms with van der Waals surface area (Å²) in [6.45, 7) is -0.638. The summed E-state index contributed by atoms with van der Waals surface area (Å²) in [5, 5.41) is 10.2. The molecule has 2 heterocycles. The van der Waals surface area contributed by atoms with Crippen LogP contribution in [0.2, 0.25) is 0 Å². The zero-order chi connectivity index (χ0) is 27.5. The van der Waals surface area contributed by atoms with Gasteiger partial charge in [0.25, 0.3) is 11.8 Å². The molecule has 200 valence electrons. The molecule has 0 aliphatic carbocycles. The summed E-state index contributed by atoms with van der Waals surface area (Å²) in [7, 11) is 1.29. The maximum absolute atomic E-state index is 13.5. The molecule has 39 heavy (non-hydrogen) atoms. The van der Waals surface area contributed by atoms with Crippen LogP contribution in [0.15, 0.2) is 84.9 Å². The average Bonchev–Trinajstić information content (AvgIpc) is 3.23. The van der Waals surface area contributed by atoms with Gasteiger partial charge in [0.1, 0.15) is 12.1 Å². The van der Waals surface area contributed by atoms with Crippen molar-refractivity contribution in [3.63, 3.8) is 0 Å². The van der Waals surface area contributed by atoms with Gasteiger partial charge in [-0.3, -0.25) is 14.5 Å². The summed E-state index contributed by atoms with van der Waals surface area (Å²) in [4.78, 5) is 54.2. The van der Waals surface area contributed by atoms with Gasteiger partial charge in [-0.1, -0.05) is 48.5 Å². The van der Waals surface area contributed by atoms with E-state index in [4.69, 9.17) is 18.9 Å². The zero-order valence-electron chi connectivity index (χ0n) is 20.8. The van der Waals surface area contributed by atoms with Crippen molar-refractivity contribution in [1.82, 2.24) is 4.90 Å². The van der Waals surface area contributed by atoms with E-state index in [0.717, 1.165) is 4.90 Å². The molecule has 0 unspecified atom stereocenters. The lowest BCUT2D eigenvalue weighted by atomic mass is 9.94. The van der Waals surface area contributed by atoms with Crippen LogP contribution in [0.5, 0.6) is 0 Å². The average molecular weight is 532 g/mol. The number of esters is 2. The Labute approximate surface area is 223 Å². The number of ether oxygens (including phenoxy) is 4. The number of aliphatic hydroxyl groups is 1. The molecule has 0 spiro atoms. The normalized spacial score (nSPS) is 24.3. The number of nitrogens with zero attached hydrogens (tertiary/aromatic N) is 1. The lowest BCUT2D eigenvalue weighted by Gasteiger charge is -2.46. The van der Waals surface area contributed by atoms with Crippen molar-refractivity contribution < 1.29 is 43.2 Å². The van der Waals surface area contributed by atoms with Gasteiger partial charge in [0.2, 0.25) is 0 Å². The lowest BCUT2D eigenvalue weighted by Crippen LogP contribution is -2.67. The number of imide groups is 1. The van der Waals surface area contributed by atoms with Crippen LogP contribution in [0.25, 0.3) is 0 Å². The highest BCUT2D eigenvalue weighted by molar-refractivity contribution is 6.21. The number of amides is 2. The van der Waals surface area contributed by atoms with Gasteiger partial charge in [-0.25, -0.2) is 9.59 Å². The molecule has 1 saturated heterocycles. The van der Waals surface area contributed by atoms with Gasteiger partial charge in [-0.2, -0.15) is 0 Å². The molecule has 2 amide bonds. The Morgan fingerprint density at radius 2 is 1.23 bits per heavy atom. The molecule has 5 rings (SSSR count). The minimum Gasteiger partial charge on any atom is -0.452 e. The Hall–Kier alpha value is -4.38. The summed E-state index contributed by atoms with van der Waals surface area (Å²) in [6.07, 6.45) is -5.38. The lowest BCUT2D eigenvalue weighted by molar-refractivity contribution is -0.271. The molecule has 2 aliphatic rings. The molecule has 3 aromatic carbocycles. The first-order chi connectivity index (χ1) is 18.9. The largest absolute Gasteiger partial charge is 0.452 e. The summed E-state index contributed by atoms with van der Waals surface area (Å²) in [5.41, 5.74) is 0.710. The molecule has 5 atom stereocenters. The van der Waals surface area contributed by atoms with Crippen molar-refractivity contribution in [2.45, 2.75) is 30.6 Å². The topological polar surface area (TPSA) is 129 Å². The molecule has 0 bridgehead atoms. The molecule has 0 saturated carbocycles. The van der Waals surface area contributed by atoms with Crippen LogP contribution in [0, 0.1) is 0 Å². The Morgan fingerprint density at radius 3 is 1.69 bits per heavy atom. The number of carbonyl (C=O) groups is 4. The maximum atomic E-state index is 13.5. The monoisotopic (exact) mass is 531 g/mol. The number of hydrogen-bond acceptors (Lipinski definition) is 9. The fourth-order valence-electron chi connectivity index (χ4n) is 4.79. The number of methoxy groups -OCH3 is 1. The van der Waals surface area contributed by atoms with Gasteiger partial charge >= 0.3 is 11.9 Å². The van der Waals surface area contributed by atoms with E-state index in [1.807, 2.05) is 0 Å². The summed E-state index contributed by atoms with van der Waals surface area (Å²) >= 11 is 0. The second kappa shape index (κ2) is 11.2. The first-order valence-corrected chi connectivity index (χ1v) is 12.2. The Bertz CT molecular complexity index is 1340. The van der Waals surface area contributed by atoms with E-state index in [1.165, 1.54) is 43.5 Å². The molecule has 10 nitrogen and oxygen atoms in total. The highest BCUT2D eigenvalue weighted by Crippen LogP contribution is 2.35. The minimum absolute atomic E-state index is 0.160. The molecular weight excluding hydrogens is 506 g/mol. The number of benzene rings is 3. The second-order valence-corrected chi connectivity index (χ2v) is 8.95. The van der Waals surface area contributed by atoms with E-state index in [9.17, 15) is 24.3 Å². The van der Waals surface area contributed by atoms with Gasteiger partial charge in [-0.05, 0) is 36.4 Å². The van der Waals surface area contributed by atoms with E-state index < -0.39 is 61.0 Å². The summed E-state index contributed by atoms with van der Waals surface area (Å²) in [6, 6.07) is 21.1. The van der Waals surface area contributed by atoms with E-state index in [-0.39, 0.29) is 22.3 Å². The van der Waals surface area contributed by atoms with Gasteiger partial charge in [-0.15, -0.1) is 0 Å². The van der Waals surface area contributed by atoms with Crippen LogP contribution < -0.4 is 0 Å². The zero-order valence-corrected chi connectivity index (χ0v) is 20.8. The van der Waals surface area contributed by atoms with E-state index in [2.05, 4.69) is 0 Å². The van der Waals surface area contributed by atoms with Gasteiger partial charge < -0.3 is 24.1 Å². The van der Waals surface area contributed by atoms with Crippen LogP contribution in [0.1, 0.15) is 41.4 Å². The number of fused-ring (bicyclic) bond motifs is 1. The number of rotatable bonds is 7. The SMILES string of the molecule is CO[C@@H]1O[C@H](CO)[C@@H](OC(=O)c2ccccc2)[C@H](OC(=O)c2ccccc2)[C@H]1N1C(=O)c2ccccc2C1=O. The van der Waals surface area contributed by atoms with Crippen LogP contribution in [0.4, 0.5) is 0 Å². The molecule has 3 aromatic rings. The molecule has 10 heteroatoms. The van der Waals surface area contributed by atoms with Crippen LogP contribution in [-0.4, -0.2) is 78.1 Å². The first kappa shape index (κ1) is 26.2. The predicted octanol–water partition coefficient (Wildman–Crippen LogP) is 2.47. The maximum Gasteiger partial charge on any atom is 0.338 e. The Balaban J connectivity index is 1.57. The first-order valence-electron chi connectivity index (χ1n) is 12.2. The summed E-state index contributed by atoms with van der Waals surface area (Å²) < 4.78 is 23.0. The van der Waals surface area contributed by atoms with Gasteiger partial charge in [0.05, 0.1) is 28.9 Å². The van der Waals surface area contributed by atoms with Crippen LogP contribution in [0.3, 0.4) is 0 Å². The molecule has 2 aliphatic heterocycles. The van der Waals surface area contributed by atoms with E-state index in [1.54, 1.807) is 48.5 Å². The van der Waals surface area contributed by atoms with Crippen molar-refractivity contribution in [3.8, 4) is 0 Å². The number of hydrogen-bond donors (Lipinski definition) is 1. The third-order valence-corrected chi connectivity index (χ3v) is 6.66. The predicted molar refractivity (Wildman–Crippen MR) is 135 cm³/mol. The molecule has 1 fully saturated rings. The Morgan fingerprint density at radius 1 is 0.769 bits per heavy atom. The summed E-state index contributed by atoms with van der Waals surface area (Å²) in [5.74, 6) is -2.87. The quantitative estimate of drug-likeness (QED) is 0.361. The highest BCUT2D eigenvalue weighted by Gasteiger charge is 2.57. The fourth-order valence-corrected chi connectivity index (χ4v) is 4.79. The molecular formula is C29H25NO9. The number of aliphatic hydroxyl groups excluding tert-OH is 1. The highest BCUT2D eigenvalue weighted by atomic mass is 16.7. The van der Waals surface area contributed by atoms with Crippen molar-refractivity contribution in [2.75, 3.05) is 13.7 Å². The third kappa shape index (κ3) is 4.92. The number of carbonyl (C=O) groups excluding carboxylic acids is 4. The van der Waals surface area contributed by atoms with Gasteiger partial charge in [0, 0.05) is 7.11 Å². The molecule has 0 radical (unpaired) electrons. The third-order valence-electron chi connectivity index (χ3n) is 6.66. The van der Waals surface area contributed by atoms with Crippen molar-refractivity contribution >= 4 is 23.8 Å². The smallest absolute Gasteiger partial charge is 0.338 e. The second-order valence-electron chi connectivity index (χ2n) is 8.95. The van der Waals surface area contributed by atoms with Crippen LogP contribution >= 0.6 is 0 Å². The van der Waals surface area contributed by atoms with Crippen molar-refractivity contribution in [1.29, 1.82) is 0 Å². The molecule has 0 aromatic heterocycles. The van der Waals surface area contributed by atoms with Crippen molar-refractivity contribution in [2.24, 2.45) is 0 Å². The van der Waals surface area contributed by atoms with Gasteiger partial charge in [0.15, 0.2) is 18.5 Å². The molecule has 1 N–H and O–H groups in total. The van der Waals surface area contributed by atoms with Crippen molar-refractivity contribution in [3.05, 3.63) is 107 Å². The van der Waals surface area contributed by atoms with E-state index >= 15 is 0 Å².